The summed E-state index contributed by atoms with van der Waals surface area (Å²) >= 11 is 7.58. The fourth-order valence-corrected chi connectivity index (χ4v) is 3.00. The second kappa shape index (κ2) is 7.64. The Labute approximate surface area is 127 Å². The normalized spacial score (nSPS) is 12.3. The molecule has 5 heteroatoms. The maximum Gasteiger partial charge on any atom is 0.126 e. The standard InChI is InChI=1S/C15H16ClFN2S/c16-12-6-7-15(17)11(8-12)9-13(19-18)10-20-14-4-2-1-3-5-14/h1-8,13,19H,9-10,18H2. The second-order valence-electron chi connectivity index (χ2n) is 4.43. The van der Waals surface area contributed by atoms with Crippen LogP contribution in [0.1, 0.15) is 5.56 Å². The minimum Gasteiger partial charge on any atom is -0.271 e. The summed E-state index contributed by atoms with van der Waals surface area (Å²) in [6.07, 6.45) is 0.503. The lowest BCUT2D eigenvalue weighted by atomic mass is 10.1. The minimum absolute atomic E-state index is 0.0202. The number of halogens is 2. The summed E-state index contributed by atoms with van der Waals surface area (Å²) in [5.41, 5.74) is 3.31. The van der Waals surface area contributed by atoms with Crippen LogP contribution in [-0.2, 0) is 6.42 Å². The van der Waals surface area contributed by atoms with Crippen molar-refractivity contribution in [2.75, 3.05) is 5.75 Å². The third-order valence-corrected chi connectivity index (χ3v) is 4.31. The predicted molar refractivity (Wildman–Crippen MR) is 83.4 cm³/mol. The molecular formula is C15H16ClFN2S. The fraction of sp³-hybridized carbons (Fsp3) is 0.200. The van der Waals surface area contributed by atoms with E-state index in [-0.39, 0.29) is 11.9 Å². The van der Waals surface area contributed by atoms with Gasteiger partial charge < -0.3 is 0 Å². The molecule has 3 N–H and O–H groups in total. The number of hydrogen-bond donors (Lipinski definition) is 2. The Morgan fingerprint density at radius 3 is 2.65 bits per heavy atom. The van der Waals surface area contributed by atoms with Crippen molar-refractivity contribution in [2.24, 2.45) is 5.84 Å². The van der Waals surface area contributed by atoms with Crippen molar-refractivity contribution < 1.29 is 4.39 Å². The molecule has 0 aliphatic rings. The molecule has 2 nitrogen and oxygen atoms in total. The summed E-state index contributed by atoms with van der Waals surface area (Å²) in [6, 6.07) is 14.6. The van der Waals surface area contributed by atoms with Crippen LogP contribution in [0, 0.1) is 5.82 Å². The summed E-state index contributed by atoms with van der Waals surface area (Å²) in [7, 11) is 0. The Hall–Kier alpha value is -1.07. The highest BCUT2D eigenvalue weighted by Gasteiger charge is 2.12. The van der Waals surface area contributed by atoms with Crippen molar-refractivity contribution in [3.8, 4) is 0 Å². The highest BCUT2D eigenvalue weighted by atomic mass is 35.5. The smallest absolute Gasteiger partial charge is 0.126 e. The van der Waals surface area contributed by atoms with Gasteiger partial charge in [0.05, 0.1) is 0 Å². The van der Waals surface area contributed by atoms with Gasteiger partial charge in [0.2, 0.25) is 0 Å². The van der Waals surface area contributed by atoms with Gasteiger partial charge in [-0.05, 0) is 42.3 Å². The molecule has 0 aromatic heterocycles. The fourth-order valence-electron chi connectivity index (χ4n) is 1.84. The van der Waals surface area contributed by atoms with E-state index in [1.54, 1.807) is 23.9 Å². The van der Waals surface area contributed by atoms with Crippen molar-refractivity contribution in [3.05, 3.63) is 64.9 Å². The maximum atomic E-state index is 13.7. The largest absolute Gasteiger partial charge is 0.271 e. The van der Waals surface area contributed by atoms with Crippen LogP contribution in [0.2, 0.25) is 5.02 Å². The summed E-state index contributed by atoms with van der Waals surface area (Å²) in [5.74, 6) is 6.06. The molecule has 2 aromatic carbocycles. The van der Waals surface area contributed by atoms with Crippen molar-refractivity contribution in [1.82, 2.24) is 5.43 Å². The van der Waals surface area contributed by atoms with E-state index in [0.717, 1.165) is 5.75 Å². The molecule has 0 aliphatic heterocycles. The molecule has 106 valence electrons. The molecule has 0 bridgehead atoms. The van der Waals surface area contributed by atoms with Crippen LogP contribution < -0.4 is 11.3 Å². The van der Waals surface area contributed by atoms with Crippen LogP contribution >= 0.6 is 23.4 Å². The Balaban J connectivity index is 1.97. The summed E-state index contributed by atoms with van der Waals surface area (Å²) < 4.78 is 13.7. The highest BCUT2D eigenvalue weighted by Crippen LogP contribution is 2.21. The van der Waals surface area contributed by atoms with E-state index in [2.05, 4.69) is 5.43 Å². The number of hydrazine groups is 1. The average Bonchev–Trinajstić information content (AvgIpc) is 2.48. The SMILES string of the molecule is NNC(CSc1ccccc1)Cc1cc(Cl)ccc1F. The van der Waals surface area contributed by atoms with E-state index < -0.39 is 0 Å². The first-order valence-corrected chi connectivity index (χ1v) is 7.63. The Morgan fingerprint density at radius 2 is 1.95 bits per heavy atom. The summed E-state index contributed by atoms with van der Waals surface area (Å²) in [5, 5.41) is 0.535. The van der Waals surface area contributed by atoms with Gasteiger partial charge in [0.1, 0.15) is 5.82 Å². The monoisotopic (exact) mass is 310 g/mol. The van der Waals surface area contributed by atoms with Crippen LogP contribution in [0.15, 0.2) is 53.4 Å². The molecule has 0 spiro atoms. The van der Waals surface area contributed by atoms with Gasteiger partial charge in [0.15, 0.2) is 0 Å². The van der Waals surface area contributed by atoms with E-state index in [4.69, 9.17) is 17.4 Å². The van der Waals surface area contributed by atoms with Gasteiger partial charge in [-0.25, -0.2) is 4.39 Å². The number of nitrogens with two attached hydrogens (primary N) is 1. The van der Waals surface area contributed by atoms with E-state index >= 15 is 0 Å². The quantitative estimate of drug-likeness (QED) is 0.486. The molecule has 0 heterocycles. The van der Waals surface area contributed by atoms with Crippen molar-refractivity contribution in [1.29, 1.82) is 0 Å². The van der Waals surface area contributed by atoms with E-state index in [1.165, 1.54) is 11.0 Å². The Kier molecular flexibility index (Phi) is 5.86. The lowest BCUT2D eigenvalue weighted by molar-refractivity contribution is 0.546. The maximum absolute atomic E-state index is 13.7. The molecule has 2 aromatic rings. The van der Waals surface area contributed by atoms with Crippen LogP contribution in [0.3, 0.4) is 0 Å². The van der Waals surface area contributed by atoms with Crippen molar-refractivity contribution in [3.63, 3.8) is 0 Å². The molecule has 0 saturated heterocycles. The Morgan fingerprint density at radius 1 is 1.20 bits per heavy atom. The van der Waals surface area contributed by atoms with E-state index in [9.17, 15) is 4.39 Å². The van der Waals surface area contributed by atoms with Gasteiger partial charge in [-0.1, -0.05) is 29.8 Å². The first kappa shape index (κ1) is 15.3. The molecule has 0 amide bonds. The minimum atomic E-state index is -0.251. The number of thioether (sulfide) groups is 1. The highest BCUT2D eigenvalue weighted by molar-refractivity contribution is 7.99. The van der Waals surface area contributed by atoms with Gasteiger partial charge in [-0.15, -0.1) is 11.8 Å². The Bertz CT molecular complexity index is 551. The topological polar surface area (TPSA) is 38.0 Å². The molecular weight excluding hydrogens is 295 g/mol. The summed E-state index contributed by atoms with van der Waals surface area (Å²) in [4.78, 5) is 1.17. The first-order valence-electron chi connectivity index (χ1n) is 6.27. The van der Waals surface area contributed by atoms with Gasteiger partial charge in [-0.2, -0.15) is 0 Å². The first-order chi connectivity index (χ1) is 9.69. The molecule has 2 rings (SSSR count). The van der Waals surface area contributed by atoms with Gasteiger partial charge in [0, 0.05) is 21.7 Å². The molecule has 0 fully saturated rings. The van der Waals surface area contributed by atoms with Gasteiger partial charge >= 0.3 is 0 Å². The number of hydrogen-bond acceptors (Lipinski definition) is 3. The molecule has 0 saturated carbocycles. The number of nitrogens with one attached hydrogen (secondary N) is 1. The van der Waals surface area contributed by atoms with Gasteiger partial charge in [0.25, 0.3) is 0 Å². The average molecular weight is 311 g/mol. The van der Waals surface area contributed by atoms with Crippen LogP contribution in [0.4, 0.5) is 4.39 Å². The third kappa shape index (κ3) is 4.49. The molecule has 1 atom stereocenters. The van der Waals surface area contributed by atoms with Crippen molar-refractivity contribution >= 4 is 23.4 Å². The predicted octanol–water partition coefficient (Wildman–Crippen LogP) is 3.65. The lowest BCUT2D eigenvalue weighted by Gasteiger charge is -2.16. The number of benzene rings is 2. The molecule has 0 radical (unpaired) electrons. The molecule has 20 heavy (non-hydrogen) atoms. The zero-order valence-electron chi connectivity index (χ0n) is 10.9. The van der Waals surface area contributed by atoms with E-state index in [0.29, 0.717) is 17.0 Å². The zero-order chi connectivity index (χ0) is 14.4. The van der Waals surface area contributed by atoms with Crippen LogP contribution in [0.5, 0.6) is 0 Å². The lowest BCUT2D eigenvalue weighted by Crippen LogP contribution is -2.38. The van der Waals surface area contributed by atoms with Crippen molar-refractivity contribution in [2.45, 2.75) is 17.4 Å². The van der Waals surface area contributed by atoms with Crippen LogP contribution in [-0.4, -0.2) is 11.8 Å². The molecule has 1 unspecified atom stereocenters. The number of rotatable bonds is 6. The summed E-state index contributed by atoms with van der Waals surface area (Å²) in [6.45, 7) is 0. The molecule has 0 aliphatic carbocycles. The van der Waals surface area contributed by atoms with Gasteiger partial charge in [-0.3, -0.25) is 11.3 Å². The van der Waals surface area contributed by atoms with Crippen LogP contribution in [0.25, 0.3) is 0 Å². The second-order valence-corrected chi connectivity index (χ2v) is 5.96. The zero-order valence-corrected chi connectivity index (χ0v) is 12.4. The third-order valence-electron chi connectivity index (χ3n) is 2.90. The van der Waals surface area contributed by atoms with E-state index in [1.807, 2.05) is 30.3 Å².